The highest BCUT2D eigenvalue weighted by molar-refractivity contribution is 9.10. The van der Waals surface area contributed by atoms with E-state index < -0.39 is 17.7 Å². The number of halogens is 2. The number of hydrogen-bond donors (Lipinski definition) is 1. The zero-order chi connectivity index (χ0) is 12.8. The van der Waals surface area contributed by atoms with E-state index in [9.17, 15) is 14.0 Å². The maximum absolute atomic E-state index is 12.9. The van der Waals surface area contributed by atoms with E-state index in [1.165, 1.54) is 12.1 Å². The summed E-state index contributed by atoms with van der Waals surface area (Å²) in [5.74, 6) is -1.59. The summed E-state index contributed by atoms with van der Waals surface area (Å²) in [6.07, 6.45) is 0. The highest BCUT2D eigenvalue weighted by Gasteiger charge is 2.12. The summed E-state index contributed by atoms with van der Waals surface area (Å²) in [7, 11) is 0. The van der Waals surface area contributed by atoms with Gasteiger partial charge >= 0.3 is 5.97 Å². The van der Waals surface area contributed by atoms with E-state index >= 15 is 0 Å². The summed E-state index contributed by atoms with van der Waals surface area (Å²) >= 11 is 3.13. The fourth-order valence-electron chi connectivity index (χ4n) is 1.13. The Hall–Kier alpha value is -1.43. The first-order valence-corrected chi connectivity index (χ1v) is 5.72. The predicted octanol–water partition coefficient (Wildman–Crippen LogP) is 1.88. The van der Waals surface area contributed by atoms with Crippen LogP contribution in [0.4, 0.5) is 4.39 Å². The molecule has 0 atom stereocenters. The summed E-state index contributed by atoms with van der Waals surface area (Å²) in [6, 6.07) is 3.74. The molecule has 6 heteroatoms. The highest BCUT2D eigenvalue weighted by atomic mass is 79.9. The van der Waals surface area contributed by atoms with Crippen LogP contribution in [-0.2, 0) is 9.53 Å². The highest BCUT2D eigenvalue weighted by Crippen LogP contribution is 2.17. The van der Waals surface area contributed by atoms with E-state index in [1.54, 1.807) is 6.92 Å². The molecule has 4 nitrogen and oxygen atoms in total. The third-order valence-corrected chi connectivity index (χ3v) is 2.56. The van der Waals surface area contributed by atoms with E-state index in [0.717, 1.165) is 6.07 Å². The van der Waals surface area contributed by atoms with Crippen LogP contribution in [0.2, 0.25) is 0 Å². The number of benzene rings is 1. The Kier molecular flexibility index (Phi) is 5.09. The van der Waals surface area contributed by atoms with Gasteiger partial charge in [0.25, 0.3) is 5.91 Å². The van der Waals surface area contributed by atoms with Gasteiger partial charge in [0.1, 0.15) is 12.4 Å². The molecule has 0 unspecified atom stereocenters. The second-order valence-corrected chi connectivity index (χ2v) is 3.97. The summed E-state index contributed by atoms with van der Waals surface area (Å²) in [5.41, 5.74) is 0.134. The van der Waals surface area contributed by atoms with Crippen molar-refractivity contribution in [3.63, 3.8) is 0 Å². The zero-order valence-electron chi connectivity index (χ0n) is 9.13. The van der Waals surface area contributed by atoms with Crippen molar-refractivity contribution in [3.05, 3.63) is 34.1 Å². The Balaban J connectivity index is 2.64. The lowest BCUT2D eigenvalue weighted by atomic mass is 10.2. The molecule has 1 N–H and O–H groups in total. The molecule has 0 saturated heterocycles. The van der Waals surface area contributed by atoms with Crippen LogP contribution in [0.3, 0.4) is 0 Å². The Morgan fingerprint density at radius 2 is 2.18 bits per heavy atom. The van der Waals surface area contributed by atoms with Gasteiger partial charge < -0.3 is 10.1 Å². The van der Waals surface area contributed by atoms with Crippen molar-refractivity contribution in [2.75, 3.05) is 13.2 Å². The summed E-state index contributed by atoms with van der Waals surface area (Å²) in [4.78, 5) is 22.6. The van der Waals surface area contributed by atoms with Crippen molar-refractivity contribution in [1.29, 1.82) is 0 Å². The Bertz CT molecular complexity index is 437. The van der Waals surface area contributed by atoms with E-state index in [0.29, 0.717) is 4.47 Å². The van der Waals surface area contributed by atoms with Gasteiger partial charge in [0.2, 0.25) is 0 Å². The number of carbonyl (C=O) groups excluding carboxylic acids is 2. The fraction of sp³-hybridized carbons (Fsp3) is 0.273. The SMILES string of the molecule is CCOC(=O)CNC(=O)c1cc(F)ccc1Br. The van der Waals surface area contributed by atoms with E-state index in [2.05, 4.69) is 26.0 Å². The molecule has 92 valence electrons. The molecule has 0 aliphatic heterocycles. The number of hydrogen-bond acceptors (Lipinski definition) is 3. The van der Waals surface area contributed by atoms with Crippen molar-refractivity contribution in [1.82, 2.24) is 5.32 Å². The minimum absolute atomic E-state index is 0.134. The van der Waals surface area contributed by atoms with Gasteiger partial charge in [-0.15, -0.1) is 0 Å². The molecule has 0 aromatic heterocycles. The van der Waals surface area contributed by atoms with E-state index in [-0.39, 0.29) is 18.7 Å². The average molecular weight is 304 g/mol. The minimum atomic E-state index is -0.538. The van der Waals surface area contributed by atoms with Crippen LogP contribution in [0.15, 0.2) is 22.7 Å². The smallest absolute Gasteiger partial charge is 0.325 e. The number of amides is 1. The Morgan fingerprint density at radius 3 is 2.82 bits per heavy atom. The van der Waals surface area contributed by atoms with Gasteiger partial charge in [-0.1, -0.05) is 0 Å². The quantitative estimate of drug-likeness (QED) is 0.864. The van der Waals surface area contributed by atoms with Crippen LogP contribution >= 0.6 is 15.9 Å². The molecule has 0 fully saturated rings. The molecular formula is C11H11BrFNO3. The molecule has 1 amide bonds. The molecule has 17 heavy (non-hydrogen) atoms. The molecule has 0 saturated carbocycles. The van der Waals surface area contributed by atoms with Gasteiger partial charge in [0, 0.05) is 4.47 Å². The standard InChI is InChI=1S/C11H11BrFNO3/c1-2-17-10(15)6-14-11(16)8-5-7(13)3-4-9(8)12/h3-5H,2,6H2,1H3,(H,14,16). The summed E-state index contributed by atoms with van der Waals surface area (Å²) < 4.78 is 18.0. The second-order valence-electron chi connectivity index (χ2n) is 3.11. The average Bonchev–Trinajstić information content (AvgIpc) is 2.29. The van der Waals surface area contributed by atoms with Gasteiger partial charge in [0.15, 0.2) is 0 Å². The first kappa shape index (κ1) is 13.6. The van der Waals surface area contributed by atoms with Gasteiger partial charge in [-0.3, -0.25) is 9.59 Å². The molecule has 1 aromatic carbocycles. The van der Waals surface area contributed by atoms with Gasteiger partial charge in [0.05, 0.1) is 12.2 Å². The van der Waals surface area contributed by atoms with Crippen molar-refractivity contribution < 1.29 is 18.7 Å². The topological polar surface area (TPSA) is 55.4 Å². The monoisotopic (exact) mass is 303 g/mol. The van der Waals surface area contributed by atoms with Gasteiger partial charge in [-0.25, -0.2) is 4.39 Å². The Morgan fingerprint density at radius 1 is 1.47 bits per heavy atom. The van der Waals surface area contributed by atoms with Gasteiger partial charge in [-0.05, 0) is 41.1 Å². The van der Waals surface area contributed by atoms with Crippen molar-refractivity contribution in [3.8, 4) is 0 Å². The lowest BCUT2D eigenvalue weighted by Crippen LogP contribution is -2.30. The molecular weight excluding hydrogens is 293 g/mol. The van der Waals surface area contributed by atoms with E-state index in [4.69, 9.17) is 0 Å². The molecule has 0 heterocycles. The van der Waals surface area contributed by atoms with Crippen molar-refractivity contribution in [2.45, 2.75) is 6.92 Å². The number of esters is 1. The predicted molar refractivity (Wildman–Crippen MR) is 63.1 cm³/mol. The molecule has 0 aliphatic carbocycles. The minimum Gasteiger partial charge on any atom is -0.465 e. The lowest BCUT2D eigenvalue weighted by molar-refractivity contribution is -0.141. The maximum Gasteiger partial charge on any atom is 0.325 e. The number of nitrogens with one attached hydrogen (secondary N) is 1. The molecule has 1 rings (SSSR count). The Labute approximate surface area is 106 Å². The van der Waals surface area contributed by atoms with Crippen LogP contribution < -0.4 is 5.32 Å². The van der Waals surface area contributed by atoms with Gasteiger partial charge in [-0.2, -0.15) is 0 Å². The molecule has 0 spiro atoms. The van der Waals surface area contributed by atoms with Crippen LogP contribution in [0, 0.1) is 5.82 Å². The van der Waals surface area contributed by atoms with Crippen LogP contribution in [0.5, 0.6) is 0 Å². The third kappa shape index (κ3) is 4.14. The fourth-order valence-corrected chi connectivity index (χ4v) is 1.56. The summed E-state index contributed by atoms with van der Waals surface area (Å²) in [5, 5.41) is 2.34. The maximum atomic E-state index is 12.9. The molecule has 0 bridgehead atoms. The van der Waals surface area contributed by atoms with Crippen LogP contribution in [0.25, 0.3) is 0 Å². The zero-order valence-corrected chi connectivity index (χ0v) is 10.7. The number of rotatable bonds is 4. The first-order valence-electron chi connectivity index (χ1n) is 4.93. The number of carbonyl (C=O) groups is 2. The lowest BCUT2D eigenvalue weighted by Gasteiger charge is -2.06. The van der Waals surface area contributed by atoms with E-state index in [1.807, 2.05) is 0 Å². The van der Waals surface area contributed by atoms with Crippen LogP contribution in [0.1, 0.15) is 17.3 Å². The van der Waals surface area contributed by atoms with Crippen LogP contribution in [-0.4, -0.2) is 25.0 Å². The largest absolute Gasteiger partial charge is 0.465 e. The number of ether oxygens (including phenoxy) is 1. The molecule has 1 aromatic rings. The molecule has 0 radical (unpaired) electrons. The first-order chi connectivity index (χ1) is 8.04. The normalized spacial score (nSPS) is 9.82. The van der Waals surface area contributed by atoms with Crippen molar-refractivity contribution >= 4 is 27.8 Å². The molecule has 0 aliphatic rings. The second kappa shape index (κ2) is 6.34. The van der Waals surface area contributed by atoms with Crippen molar-refractivity contribution in [2.24, 2.45) is 0 Å². The third-order valence-electron chi connectivity index (χ3n) is 1.87. The summed E-state index contributed by atoms with van der Waals surface area (Å²) in [6.45, 7) is 1.68.